The number of carbonyl (C=O) groups is 2. The predicted molar refractivity (Wildman–Crippen MR) is 114 cm³/mol. The minimum Gasteiger partial charge on any atom is -0.460 e. The largest absolute Gasteiger partial charge is 0.460 e. The van der Waals surface area contributed by atoms with E-state index in [1.54, 1.807) is 0 Å². The molecule has 1 aromatic carbocycles. The van der Waals surface area contributed by atoms with Gasteiger partial charge < -0.3 is 29.2 Å². The number of esters is 2. The molecule has 0 aliphatic rings. The van der Waals surface area contributed by atoms with Gasteiger partial charge in [0, 0.05) is 17.9 Å². The predicted octanol–water partition coefficient (Wildman–Crippen LogP) is 3.07. The lowest BCUT2D eigenvalue weighted by atomic mass is 10.1. The fourth-order valence-electron chi connectivity index (χ4n) is 1.88. The molecule has 0 aliphatic carbocycles. The van der Waals surface area contributed by atoms with Crippen LogP contribution in [0.5, 0.6) is 0 Å². The molecule has 0 saturated heterocycles. The molecule has 0 unspecified atom stereocenters. The van der Waals surface area contributed by atoms with Gasteiger partial charge in [-0.25, -0.2) is 9.59 Å². The minimum atomic E-state index is -0.793. The molecule has 0 bridgehead atoms. The normalized spacial score (nSPS) is 10.8. The number of aliphatic hydroxyl groups excluding tert-OH is 2. The molecule has 1 aromatic rings. The lowest BCUT2D eigenvalue weighted by molar-refractivity contribution is 0.00893. The van der Waals surface area contributed by atoms with E-state index in [0.29, 0.717) is 24.5 Å². The molecule has 0 spiro atoms. The Balaban J connectivity index is 2.84. The Morgan fingerprint density at radius 2 is 1.00 bits per heavy atom. The Hall–Kier alpha value is -0.0800. The third-order valence-corrected chi connectivity index (χ3v) is 7.84. The van der Waals surface area contributed by atoms with E-state index in [-0.39, 0.29) is 57.4 Å². The molecular weight excluding hydrogens is 640 g/mol. The van der Waals surface area contributed by atoms with Crippen molar-refractivity contribution in [1.29, 1.82) is 0 Å². The van der Waals surface area contributed by atoms with Crippen molar-refractivity contribution < 1.29 is 38.7 Å². The van der Waals surface area contributed by atoms with Gasteiger partial charge >= 0.3 is 11.9 Å². The number of halogens is 4. The van der Waals surface area contributed by atoms with Gasteiger partial charge in [0.2, 0.25) is 0 Å². The van der Waals surface area contributed by atoms with Crippen molar-refractivity contribution in [2.24, 2.45) is 0 Å². The summed E-state index contributed by atoms with van der Waals surface area (Å²) in [5.74, 6) is -1.55. The molecule has 1 rings (SSSR count). The summed E-state index contributed by atoms with van der Waals surface area (Å²) in [6.45, 7) is 0.306. The molecule has 28 heavy (non-hydrogen) atoms. The van der Waals surface area contributed by atoms with Crippen molar-refractivity contribution in [2.75, 3.05) is 52.9 Å². The summed E-state index contributed by atoms with van der Waals surface area (Å²) < 4.78 is 22.0. The summed E-state index contributed by atoms with van der Waals surface area (Å²) in [6.07, 6.45) is 0. The van der Waals surface area contributed by atoms with E-state index >= 15 is 0 Å². The van der Waals surface area contributed by atoms with Gasteiger partial charge in [-0.1, -0.05) is 0 Å². The smallest absolute Gasteiger partial charge is 0.340 e. The highest BCUT2D eigenvalue weighted by Crippen LogP contribution is 2.42. The van der Waals surface area contributed by atoms with Gasteiger partial charge in [0.25, 0.3) is 0 Å². The maximum absolute atomic E-state index is 12.6. The van der Waals surface area contributed by atoms with E-state index in [2.05, 4.69) is 63.7 Å². The summed E-state index contributed by atoms with van der Waals surface area (Å²) in [5.41, 5.74) is -0.0742. The van der Waals surface area contributed by atoms with Crippen molar-refractivity contribution in [3.8, 4) is 0 Å². The van der Waals surface area contributed by atoms with Crippen molar-refractivity contribution in [3.05, 3.63) is 29.0 Å². The van der Waals surface area contributed by atoms with Gasteiger partial charge in [0.1, 0.15) is 13.2 Å². The summed E-state index contributed by atoms with van der Waals surface area (Å²) >= 11 is 13.2. The van der Waals surface area contributed by atoms with Crippen LogP contribution in [0.4, 0.5) is 0 Å². The number of ether oxygens (including phenoxy) is 4. The highest BCUT2D eigenvalue weighted by Gasteiger charge is 2.29. The molecule has 2 N–H and O–H groups in total. The Labute approximate surface area is 195 Å². The van der Waals surface area contributed by atoms with Crippen molar-refractivity contribution in [2.45, 2.75) is 0 Å². The molecule has 12 heteroatoms. The fourth-order valence-corrected chi connectivity index (χ4v) is 4.32. The van der Waals surface area contributed by atoms with Crippen molar-refractivity contribution in [1.82, 2.24) is 0 Å². The molecule has 0 amide bonds. The molecule has 158 valence electrons. The molecule has 0 aromatic heterocycles. The zero-order valence-corrected chi connectivity index (χ0v) is 20.9. The number of hydrogen-bond acceptors (Lipinski definition) is 8. The maximum Gasteiger partial charge on any atom is 0.340 e. The topological polar surface area (TPSA) is 112 Å². The van der Waals surface area contributed by atoms with Crippen LogP contribution in [0.2, 0.25) is 0 Å². The van der Waals surface area contributed by atoms with E-state index in [0.717, 1.165) is 0 Å². The first-order valence-corrected chi connectivity index (χ1v) is 11.1. The summed E-state index contributed by atoms with van der Waals surface area (Å²) in [5, 5.41) is 17.4. The number of hydrogen-bond donors (Lipinski definition) is 2. The second-order valence-corrected chi connectivity index (χ2v) is 8.12. The average molecular weight is 658 g/mol. The number of carbonyl (C=O) groups excluding carboxylic acids is 2. The monoisotopic (exact) mass is 654 g/mol. The molecular formula is C16H18Br4O8. The van der Waals surface area contributed by atoms with E-state index in [1.807, 2.05) is 0 Å². The van der Waals surface area contributed by atoms with Gasteiger partial charge in [-0.05, 0) is 63.7 Å². The quantitative estimate of drug-likeness (QED) is 0.153. The second kappa shape index (κ2) is 14.0. The minimum absolute atomic E-state index is 0.0313. The summed E-state index contributed by atoms with van der Waals surface area (Å²) in [4.78, 5) is 25.0. The van der Waals surface area contributed by atoms with Gasteiger partial charge in [-0.15, -0.1) is 0 Å². The van der Waals surface area contributed by atoms with Crippen LogP contribution in [0.3, 0.4) is 0 Å². The van der Waals surface area contributed by atoms with Crippen molar-refractivity contribution >= 4 is 75.7 Å². The third kappa shape index (κ3) is 7.63. The Kier molecular flexibility index (Phi) is 13.0. The Morgan fingerprint density at radius 1 is 0.607 bits per heavy atom. The van der Waals surface area contributed by atoms with E-state index in [4.69, 9.17) is 29.2 Å². The van der Waals surface area contributed by atoms with Crippen LogP contribution in [0.15, 0.2) is 17.9 Å². The zero-order valence-electron chi connectivity index (χ0n) is 14.5. The van der Waals surface area contributed by atoms with Crippen LogP contribution in [-0.2, 0) is 18.9 Å². The molecule has 0 aliphatic heterocycles. The van der Waals surface area contributed by atoms with Crippen LogP contribution in [0, 0.1) is 0 Å². The van der Waals surface area contributed by atoms with Crippen molar-refractivity contribution in [3.63, 3.8) is 0 Å². The molecule has 0 heterocycles. The third-order valence-electron chi connectivity index (χ3n) is 3.07. The molecule has 0 saturated carbocycles. The lowest BCUT2D eigenvalue weighted by Crippen LogP contribution is -2.19. The van der Waals surface area contributed by atoms with E-state index in [1.165, 1.54) is 0 Å². The molecule has 8 nitrogen and oxygen atoms in total. The first-order valence-electron chi connectivity index (χ1n) is 7.94. The lowest BCUT2D eigenvalue weighted by Gasteiger charge is -2.16. The molecule has 0 fully saturated rings. The maximum atomic E-state index is 12.6. The molecule has 0 atom stereocenters. The van der Waals surface area contributed by atoms with E-state index < -0.39 is 11.9 Å². The van der Waals surface area contributed by atoms with Gasteiger partial charge in [-0.2, -0.15) is 0 Å². The van der Waals surface area contributed by atoms with Gasteiger partial charge in [-0.3, -0.25) is 0 Å². The fraction of sp³-hybridized carbons (Fsp3) is 0.500. The summed E-state index contributed by atoms with van der Waals surface area (Å²) in [6, 6.07) is 0. The van der Waals surface area contributed by atoms with E-state index in [9.17, 15) is 9.59 Å². The van der Waals surface area contributed by atoms with Crippen LogP contribution in [0.25, 0.3) is 0 Å². The van der Waals surface area contributed by atoms with Crippen LogP contribution < -0.4 is 0 Å². The SMILES string of the molecule is O=C(OCCO)c1c(Br)c(Br)c(Br)c(Br)c1C(=O)OCCOCCOCCO. The van der Waals surface area contributed by atoms with Gasteiger partial charge in [0.15, 0.2) is 0 Å². The number of aliphatic hydroxyl groups is 2. The average Bonchev–Trinajstić information content (AvgIpc) is 2.68. The van der Waals surface area contributed by atoms with Crippen LogP contribution in [0.1, 0.15) is 20.7 Å². The highest BCUT2D eigenvalue weighted by atomic mass is 79.9. The Bertz CT molecular complexity index is 683. The first-order chi connectivity index (χ1) is 13.4. The number of benzene rings is 1. The molecule has 0 radical (unpaired) electrons. The van der Waals surface area contributed by atoms with Crippen LogP contribution >= 0.6 is 63.7 Å². The summed E-state index contributed by atoms with van der Waals surface area (Å²) in [7, 11) is 0. The van der Waals surface area contributed by atoms with Crippen LogP contribution in [-0.4, -0.2) is 75.0 Å². The Morgan fingerprint density at radius 3 is 1.46 bits per heavy atom. The zero-order chi connectivity index (χ0) is 21.1. The van der Waals surface area contributed by atoms with Gasteiger partial charge in [0.05, 0.1) is 50.8 Å². The number of rotatable bonds is 12. The second-order valence-electron chi connectivity index (χ2n) is 4.95. The standard InChI is InChI=1S/C16H18Br4O8/c17-11-9(15(23)27-4-2-22)10(12(18)14(20)13(11)19)16(24)28-8-7-26-6-5-25-3-1-21/h21-22H,1-8H2. The first kappa shape index (κ1) is 26.0. The highest BCUT2D eigenvalue weighted by molar-refractivity contribution is 9.15.